The Bertz CT molecular complexity index is 626. The third-order valence-corrected chi connectivity index (χ3v) is 3.27. The van der Waals surface area contributed by atoms with Crippen molar-refractivity contribution in [1.29, 1.82) is 0 Å². The molecule has 0 saturated heterocycles. The number of fused-ring (bicyclic) bond motifs is 1. The number of benzene rings is 2. The van der Waals surface area contributed by atoms with Gasteiger partial charge >= 0.3 is 5.97 Å². The second-order valence-corrected chi connectivity index (χ2v) is 4.92. The van der Waals surface area contributed by atoms with Crippen LogP contribution < -0.4 is 0 Å². The van der Waals surface area contributed by atoms with E-state index in [0.29, 0.717) is 6.61 Å². The van der Waals surface area contributed by atoms with E-state index >= 15 is 0 Å². The van der Waals surface area contributed by atoms with E-state index in [0.717, 1.165) is 18.4 Å². The summed E-state index contributed by atoms with van der Waals surface area (Å²) in [4.78, 5) is 11.3. The molecule has 0 N–H and O–H groups in total. The van der Waals surface area contributed by atoms with Gasteiger partial charge in [-0.25, -0.2) is 4.79 Å². The first kappa shape index (κ1) is 14.3. The molecule has 2 rings (SSSR count). The zero-order valence-corrected chi connectivity index (χ0v) is 12.1. The summed E-state index contributed by atoms with van der Waals surface area (Å²) in [5.41, 5.74) is 2.34. The predicted molar refractivity (Wildman–Crippen MR) is 82.7 cm³/mol. The number of rotatable bonds is 5. The minimum absolute atomic E-state index is 0.247. The van der Waals surface area contributed by atoms with Crippen LogP contribution >= 0.6 is 0 Å². The molecule has 0 spiro atoms. The monoisotopic (exact) mass is 268 g/mol. The molecule has 0 fully saturated rings. The van der Waals surface area contributed by atoms with Crippen LogP contribution in [0.15, 0.2) is 54.1 Å². The fraction of sp³-hybridized carbons (Fsp3) is 0.278. The Morgan fingerprint density at radius 2 is 1.90 bits per heavy atom. The van der Waals surface area contributed by atoms with Gasteiger partial charge in [-0.2, -0.15) is 0 Å². The molecule has 0 saturated carbocycles. The van der Waals surface area contributed by atoms with Crippen LogP contribution in [0.4, 0.5) is 0 Å². The first-order chi connectivity index (χ1) is 9.69. The van der Waals surface area contributed by atoms with Crippen molar-refractivity contribution in [3.8, 4) is 0 Å². The van der Waals surface area contributed by atoms with Gasteiger partial charge in [0.05, 0.1) is 6.61 Å². The molecule has 104 valence electrons. The molecule has 0 aliphatic heterocycles. The number of ether oxygens (including phenoxy) is 1. The van der Waals surface area contributed by atoms with E-state index in [9.17, 15) is 4.79 Å². The second kappa shape index (κ2) is 6.90. The Morgan fingerprint density at radius 1 is 1.15 bits per heavy atom. The molecule has 0 heterocycles. The van der Waals surface area contributed by atoms with Gasteiger partial charge < -0.3 is 4.74 Å². The number of hydrogen-bond acceptors (Lipinski definition) is 2. The molecule has 0 aromatic heterocycles. The Hall–Kier alpha value is -2.09. The smallest absolute Gasteiger partial charge is 0.330 e. The van der Waals surface area contributed by atoms with Gasteiger partial charge in [0, 0.05) is 6.08 Å². The molecule has 0 aliphatic rings. The lowest BCUT2D eigenvalue weighted by molar-refractivity contribution is -0.137. The zero-order valence-electron chi connectivity index (χ0n) is 12.1. The third kappa shape index (κ3) is 3.95. The minimum Gasteiger partial charge on any atom is -0.463 e. The van der Waals surface area contributed by atoms with Gasteiger partial charge in [-0.15, -0.1) is 0 Å². The van der Waals surface area contributed by atoms with Crippen LogP contribution in [0.3, 0.4) is 0 Å². The number of carbonyl (C=O) groups is 1. The van der Waals surface area contributed by atoms with Crippen molar-refractivity contribution < 1.29 is 9.53 Å². The first-order valence-corrected chi connectivity index (χ1v) is 7.00. The van der Waals surface area contributed by atoms with Crippen LogP contribution in [0.25, 0.3) is 10.8 Å². The van der Waals surface area contributed by atoms with Crippen LogP contribution in [-0.4, -0.2) is 12.6 Å². The molecule has 2 aromatic carbocycles. The fourth-order valence-corrected chi connectivity index (χ4v) is 2.19. The summed E-state index contributed by atoms with van der Waals surface area (Å²) in [6, 6.07) is 14.9. The molecule has 0 amide bonds. The van der Waals surface area contributed by atoms with E-state index in [1.54, 1.807) is 6.08 Å². The maximum Gasteiger partial charge on any atom is 0.330 e. The summed E-state index contributed by atoms with van der Waals surface area (Å²) >= 11 is 0. The van der Waals surface area contributed by atoms with Gasteiger partial charge in [0.1, 0.15) is 0 Å². The van der Waals surface area contributed by atoms with Crippen molar-refractivity contribution in [3.05, 3.63) is 59.7 Å². The summed E-state index contributed by atoms with van der Waals surface area (Å²) in [5, 5.41) is 2.52. The number of aryl methyl sites for hydroxylation is 1. The average Bonchev–Trinajstić information content (AvgIpc) is 2.45. The summed E-state index contributed by atoms with van der Waals surface area (Å²) in [7, 11) is 0. The molecule has 2 aromatic rings. The topological polar surface area (TPSA) is 26.3 Å². The molecule has 0 aliphatic carbocycles. The predicted octanol–water partition coefficient (Wildman–Crippen LogP) is 4.28. The van der Waals surface area contributed by atoms with E-state index in [1.165, 1.54) is 16.3 Å². The number of allylic oxidation sites excluding steroid dienone is 1. The van der Waals surface area contributed by atoms with Crippen molar-refractivity contribution in [2.24, 2.45) is 0 Å². The van der Waals surface area contributed by atoms with Gasteiger partial charge in [-0.05, 0) is 43.0 Å². The molecule has 20 heavy (non-hydrogen) atoms. The van der Waals surface area contributed by atoms with Gasteiger partial charge in [0.25, 0.3) is 0 Å². The Kier molecular flexibility index (Phi) is 4.94. The quantitative estimate of drug-likeness (QED) is 0.597. The van der Waals surface area contributed by atoms with Crippen LogP contribution in [0.5, 0.6) is 0 Å². The Balaban J connectivity index is 2.00. The highest BCUT2D eigenvalue weighted by atomic mass is 16.5. The summed E-state index contributed by atoms with van der Waals surface area (Å²) in [6.45, 7) is 4.21. The molecule has 2 nitrogen and oxygen atoms in total. The SMILES string of the molecule is CCOC(=O)/C=C(\C)CCc1ccc2ccccc2c1. The maximum atomic E-state index is 11.3. The maximum absolute atomic E-state index is 11.3. The highest BCUT2D eigenvalue weighted by molar-refractivity contribution is 5.83. The fourth-order valence-electron chi connectivity index (χ4n) is 2.19. The van der Waals surface area contributed by atoms with Crippen molar-refractivity contribution in [2.75, 3.05) is 6.61 Å². The lowest BCUT2D eigenvalue weighted by Gasteiger charge is -2.05. The number of esters is 1. The van der Waals surface area contributed by atoms with Crippen LogP contribution in [0.1, 0.15) is 25.8 Å². The van der Waals surface area contributed by atoms with Crippen LogP contribution in [0, 0.1) is 0 Å². The van der Waals surface area contributed by atoms with Crippen molar-refractivity contribution in [1.82, 2.24) is 0 Å². The van der Waals surface area contributed by atoms with E-state index in [-0.39, 0.29) is 5.97 Å². The summed E-state index contributed by atoms with van der Waals surface area (Å²) in [5.74, 6) is -0.247. The van der Waals surface area contributed by atoms with E-state index in [4.69, 9.17) is 4.74 Å². The lowest BCUT2D eigenvalue weighted by Crippen LogP contribution is -2.00. The van der Waals surface area contributed by atoms with Gasteiger partial charge in [0.2, 0.25) is 0 Å². The molecule has 0 bridgehead atoms. The highest BCUT2D eigenvalue weighted by Crippen LogP contribution is 2.17. The van der Waals surface area contributed by atoms with Crippen LogP contribution in [0.2, 0.25) is 0 Å². The van der Waals surface area contributed by atoms with Gasteiger partial charge in [-0.1, -0.05) is 48.0 Å². The number of carbonyl (C=O) groups excluding carboxylic acids is 1. The average molecular weight is 268 g/mol. The zero-order chi connectivity index (χ0) is 14.4. The first-order valence-electron chi connectivity index (χ1n) is 7.00. The molecular formula is C18H20O2. The summed E-state index contributed by atoms with van der Waals surface area (Å²) in [6.07, 6.45) is 3.40. The molecular weight excluding hydrogens is 248 g/mol. The number of hydrogen-bond donors (Lipinski definition) is 0. The minimum atomic E-state index is -0.247. The van der Waals surface area contributed by atoms with Crippen LogP contribution in [-0.2, 0) is 16.0 Å². The van der Waals surface area contributed by atoms with Gasteiger partial charge in [-0.3, -0.25) is 0 Å². The molecule has 2 heteroatoms. The molecule has 0 unspecified atom stereocenters. The van der Waals surface area contributed by atoms with Crippen molar-refractivity contribution in [2.45, 2.75) is 26.7 Å². The van der Waals surface area contributed by atoms with Crippen molar-refractivity contribution in [3.63, 3.8) is 0 Å². The third-order valence-electron chi connectivity index (χ3n) is 3.27. The standard InChI is InChI=1S/C18H20O2/c1-3-20-18(19)12-14(2)8-9-15-10-11-16-6-4-5-7-17(16)13-15/h4-7,10-13H,3,8-9H2,1-2H3/b14-12+. The molecule has 0 atom stereocenters. The van der Waals surface area contributed by atoms with Crippen molar-refractivity contribution >= 4 is 16.7 Å². The van der Waals surface area contributed by atoms with Gasteiger partial charge in [0.15, 0.2) is 0 Å². The lowest BCUT2D eigenvalue weighted by atomic mass is 10.0. The highest BCUT2D eigenvalue weighted by Gasteiger charge is 2.00. The summed E-state index contributed by atoms with van der Waals surface area (Å²) < 4.78 is 4.91. The largest absolute Gasteiger partial charge is 0.463 e. The van der Waals surface area contributed by atoms with E-state index in [1.807, 2.05) is 19.9 Å². The van der Waals surface area contributed by atoms with E-state index < -0.39 is 0 Å². The second-order valence-electron chi connectivity index (χ2n) is 4.92. The molecule has 0 radical (unpaired) electrons. The Morgan fingerprint density at radius 3 is 2.65 bits per heavy atom. The Labute approximate surface area is 120 Å². The van der Waals surface area contributed by atoms with E-state index in [2.05, 4.69) is 36.4 Å². The normalized spacial score (nSPS) is 11.6.